The fourth-order valence-electron chi connectivity index (χ4n) is 3.88. The molecule has 0 bridgehead atoms. The molecule has 8 nitrogen and oxygen atoms in total. The minimum atomic E-state index is 0.0100. The lowest BCUT2D eigenvalue weighted by Crippen LogP contribution is -2.38. The minimum Gasteiger partial charge on any atom is -0.383 e. The Bertz CT molecular complexity index is 648. The summed E-state index contributed by atoms with van der Waals surface area (Å²) in [5, 5.41) is 0. The summed E-state index contributed by atoms with van der Waals surface area (Å²) in [4.78, 5) is 37.7. The number of amides is 1. The summed E-state index contributed by atoms with van der Waals surface area (Å²) in [7, 11) is 6.89. The fourth-order valence-corrected chi connectivity index (χ4v) is 6.32. The molecule has 36 heavy (non-hydrogen) atoms. The predicted molar refractivity (Wildman–Crippen MR) is 147 cm³/mol. The van der Waals surface area contributed by atoms with E-state index in [-0.39, 0.29) is 34.4 Å². The largest absolute Gasteiger partial charge is 0.383 e. The smallest absolute Gasteiger partial charge is 0.222 e. The third-order valence-corrected chi connectivity index (χ3v) is 9.37. The van der Waals surface area contributed by atoms with Gasteiger partial charge in [0, 0.05) is 56.9 Å². The summed E-state index contributed by atoms with van der Waals surface area (Å²) in [5.74, 6) is 1.41. The normalized spacial score (nSPS) is 18.1. The molecule has 0 N–H and O–H groups in total. The molecular formula is C26H47NO7S2. The third-order valence-electron chi connectivity index (χ3n) is 6.06. The molecule has 0 spiro atoms. The fraction of sp³-hybridized carbons (Fsp3) is 0.885. The molecule has 2 atom stereocenters. The van der Waals surface area contributed by atoms with Crippen molar-refractivity contribution in [1.82, 2.24) is 4.90 Å². The first-order valence-electron chi connectivity index (χ1n) is 13.0. The van der Waals surface area contributed by atoms with Gasteiger partial charge in [-0.2, -0.15) is 0 Å². The van der Waals surface area contributed by atoms with Crippen LogP contribution in [0.15, 0.2) is 0 Å². The summed E-state index contributed by atoms with van der Waals surface area (Å²) in [6.07, 6.45) is 5.22. The van der Waals surface area contributed by atoms with Crippen LogP contribution in [0.25, 0.3) is 0 Å². The summed E-state index contributed by atoms with van der Waals surface area (Å²) >= 11 is 0. The topological polar surface area (TPSA) is 91.4 Å². The second-order valence-corrected chi connectivity index (χ2v) is 13.0. The molecule has 1 amide bonds. The Morgan fingerprint density at radius 2 is 1.64 bits per heavy atom. The molecule has 1 heterocycles. The van der Waals surface area contributed by atoms with Crippen molar-refractivity contribution in [3.8, 4) is 0 Å². The van der Waals surface area contributed by atoms with Crippen molar-refractivity contribution >= 4 is 39.1 Å². The van der Waals surface area contributed by atoms with Gasteiger partial charge in [0.1, 0.15) is 11.6 Å². The van der Waals surface area contributed by atoms with Crippen molar-refractivity contribution in [2.75, 3.05) is 59.6 Å². The lowest BCUT2D eigenvalue weighted by molar-refractivity contribution is -0.133. The first-order chi connectivity index (χ1) is 17.2. The number of methoxy groups -OCH3 is 2. The first-order valence-corrected chi connectivity index (χ1v) is 15.3. The zero-order chi connectivity index (χ0) is 26.8. The van der Waals surface area contributed by atoms with Gasteiger partial charge in [0.25, 0.3) is 0 Å². The molecule has 0 aromatic carbocycles. The minimum absolute atomic E-state index is 0.0100. The average Bonchev–Trinajstić information content (AvgIpc) is 3.25. The monoisotopic (exact) mass is 549 g/mol. The van der Waals surface area contributed by atoms with Crippen LogP contribution in [0.3, 0.4) is 0 Å². The van der Waals surface area contributed by atoms with Crippen molar-refractivity contribution in [1.29, 1.82) is 0 Å². The van der Waals surface area contributed by atoms with Gasteiger partial charge in [-0.1, -0.05) is 21.6 Å². The molecule has 210 valence electrons. The van der Waals surface area contributed by atoms with Gasteiger partial charge < -0.3 is 23.8 Å². The van der Waals surface area contributed by atoms with E-state index in [1.54, 1.807) is 42.7 Å². The highest BCUT2D eigenvalue weighted by Gasteiger charge is 2.34. The Labute approximate surface area is 225 Å². The van der Waals surface area contributed by atoms with Crippen LogP contribution in [0.2, 0.25) is 0 Å². The summed E-state index contributed by atoms with van der Waals surface area (Å²) < 4.78 is 21.6. The maximum atomic E-state index is 12.6. The van der Waals surface area contributed by atoms with Crippen LogP contribution in [0.1, 0.15) is 72.1 Å². The Balaban J connectivity index is 2.08. The van der Waals surface area contributed by atoms with Gasteiger partial charge in [0.2, 0.25) is 5.91 Å². The number of carbonyl (C=O) groups excluding carboxylic acids is 3. The van der Waals surface area contributed by atoms with E-state index >= 15 is 0 Å². The van der Waals surface area contributed by atoms with Gasteiger partial charge in [0.05, 0.1) is 45.2 Å². The van der Waals surface area contributed by atoms with E-state index in [0.29, 0.717) is 65.3 Å². The number of ketones is 2. The second kappa shape index (κ2) is 19.4. The number of hydrogen-bond donors (Lipinski definition) is 0. The van der Waals surface area contributed by atoms with Crippen LogP contribution < -0.4 is 0 Å². The molecule has 0 aromatic rings. The molecule has 0 aliphatic carbocycles. The van der Waals surface area contributed by atoms with E-state index in [1.165, 1.54) is 0 Å². The molecule has 1 fully saturated rings. The lowest BCUT2D eigenvalue weighted by Gasteiger charge is -2.24. The van der Waals surface area contributed by atoms with E-state index in [0.717, 1.165) is 31.4 Å². The lowest BCUT2D eigenvalue weighted by atomic mass is 10.0. The van der Waals surface area contributed by atoms with Gasteiger partial charge in [-0.25, -0.2) is 0 Å². The average molecular weight is 550 g/mol. The van der Waals surface area contributed by atoms with E-state index in [2.05, 4.69) is 13.8 Å². The van der Waals surface area contributed by atoms with Crippen LogP contribution in [0, 0.1) is 0 Å². The molecule has 0 radical (unpaired) electrons. The van der Waals surface area contributed by atoms with Crippen LogP contribution in [0.4, 0.5) is 0 Å². The Kier molecular flexibility index (Phi) is 18.0. The zero-order valence-corrected chi connectivity index (χ0v) is 24.5. The third kappa shape index (κ3) is 15.6. The van der Waals surface area contributed by atoms with Gasteiger partial charge in [-0.15, -0.1) is 0 Å². The van der Waals surface area contributed by atoms with Crippen molar-refractivity contribution < 1.29 is 33.3 Å². The van der Waals surface area contributed by atoms with Gasteiger partial charge in [-0.05, 0) is 46.5 Å². The number of ether oxygens (including phenoxy) is 4. The molecule has 1 rings (SSSR count). The number of likely N-dealkylation sites (tertiary alicyclic amines) is 1. The maximum absolute atomic E-state index is 12.6. The highest BCUT2D eigenvalue weighted by Crippen LogP contribution is 2.38. The number of carbonyl (C=O) groups is 3. The van der Waals surface area contributed by atoms with Gasteiger partial charge in [0.15, 0.2) is 0 Å². The Morgan fingerprint density at radius 1 is 0.944 bits per heavy atom. The predicted octanol–water partition coefficient (Wildman–Crippen LogP) is 4.33. The summed E-state index contributed by atoms with van der Waals surface area (Å²) in [6.45, 7) is 9.19. The first kappa shape index (κ1) is 33.4. The molecule has 1 aliphatic rings. The van der Waals surface area contributed by atoms with Crippen molar-refractivity contribution in [3.05, 3.63) is 0 Å². The molecule has 0 unspecified atom stereocenters. The molecular weight excluding hydrogens is 502 g/mol. The molecule has 1 saturated heterocycles. The number of rotatable bonds is 22. The number of unbranched alkanes of at least 4 members (excludes halogenated alkanes) is 1. The van der Waals surface area contributed by atoms with Crippen molar-refractivity contribution in [2.45, 2.75) is 89.0 Å². The van der Waals surface area contributed by atoms with E-state index in [9.17, 15) is 14.4 Å². The second-order valence-electron chi connectivity index (χ2n) is 9.84. The van der Waals surface area contributed by atoms with Gasteiger partial charge >= 0.3 is 0 Å². The standard InChI is InChI=1S/C26H47NO7S2/c1-21(28)11-13-33-14-15-34-16-17-35-36-26(2,3)12-10-23(29)8-6-7-9-25(30)27-19-24(32-5)18-22(27)20-31-4/h22,24H,6-20H2,1-5H3/t22-,24+/m1/s1. The Hall–Kier alpha value is -0.650. The van der Waals surface area contributed by atoms with E-state index in [1.807, 2.05) is 4.90 Å². The highest BCUT2D eigenvalue weighted by molar-refractivity contribution is 8.77. The molecule has 1 aliphatic heterocycles. The molecule has 10 heteroatoms. The summed E-state index contributed by atoms with van der Waals surface area (Å²) in [6, 6.07) is 0.0795. The quantitative estimate of drug-likeness (QED) is 0.145. The van der Waals surface area contributed by atoms with Gasteiger partial charge in [-0.3, -0.25) is 14.4 Å². The Morgan fingerprint density at radius 3 is 2.31 bits per heavy atom. The summed E-state index contributed by atoms with van der Waals surface area (Å²) in [5.41, 5.74) is 0. The number of Topliss-reactive ketones (excluding diaryl/α,β-unsaturated/α-hetero) is 2. The highest BCUT2D eigenvalue weighted by atomic mass is 33.1. The number of nitrogens with zero attached hydrogens (tertiary/aromatic N) is 1. The van der Waals surface area contributed by atoms with Crippen LogP contribution >= 0.6 is 21.6 Å². The number of hydrogen-bond acceptors (Lipinski definition) is 9. The molecule has 0 saturated carbocycles. The van der Waals surface area contributed by atoms with Crippen LogP contribution in [-0.4, -0.2) is 98.8 Å². The van der Waals surface area contributed by atoms with Crippen molar-refractivity contribution in [3.63, 3.8) is 0 Å². The van der Waals surface area contributed by atoms with E-state index < -0.39 is 0 Å². The zero-order valence-electron chi connectivity index (χ0n) is 22.9. The SMILES string of the molecule is COC[C@H]1C[C@H](OC)CN1C(=O)CCCCC(=O)CCC(C)(C)SSCCOCCOCCC(C)=O. The van der Waals surface area contributed by atoms with Crippen molar-refractivity contribution in [2.24, 2.45) is 0 Å². The van der Waals surface area contributed by atoms with Crippen LogP contribution in [0.5, 0.6) is 0 Å². The maximum Gasteiger partial charge on any atom is 0.222 e. The molecule has 0 aromatic heterocycles. The van der Waals surface area contributed by atoms with E-state index in [4.69, 9.17) is 18.9 Å². The van der Waals surface area contributed by atoms with Crippen LogP contribution in [-0.2, 0) is 33.3 Å².